The number of piperidine rings is 1. The lowest BCUT2D eigenvalue weighted by Gasteiger charge is -2.31. The van der Waals surface area contributed by atoms with Gasteiger partial charge in [-0.1, -0.05) is 18.2 Å². The van der Waals surface area contributed by atoms with Gasteiger partial charge in [-0.05, 0) is 31.9 Å². The van der Waals surface area contributed by atoms with Crippen molar-refractivity contribution in [2.75, 3.05) is 26.2 Å². The van der Waals surface area contributed by atoms with Gasteiger partial charge in [-0.2, -0.15) is 0 Å². The molecule has 124 valence electrons. The Bertz CT molecular complexity index is 559. The summed E-state index contributed by atoms with van der Waals surface area (Å²) in [7, 11) is 0. The summed E-state index contributed by atoms with van der Waals surface area (Å²) >= 11 is 0. The van der Waals surface area contributed by atoms with E-state index in [4.69, 9.17) is 4.74 Å². The van der Waals surface area contributed by atoms with Crippen LogP contribution in [0.4, 0.5) is 0 Å². The Morgan fingerprint density at radius 2 is 2.00 bits per heavy atom. The second-order valence-electron chi connectivity index (χ2n) is 5.48. The molecule has 1 saturated heterocycles. The van der Waals surface area contributed by atoms with Gasteiger partial charge in [0.25, 0.3) is 5.91 Å². The molecule has 1 heterocycles. The van der Waals surface area contributed by atoms with Crippen molar-refractivity contribution in [2.24, 2.45) is 5.92 Å². The summed E-state index contributed by atoms with van der Waals surface area (Å²) in [5.41, 5.74) is 0.517. The Labute approximate surface area is 135 Å². The molecule has 0 saturated carbocycles. The average molecular weight is 318 g/mol. The van der Waals surface area contributed by atoms with Gasteiger partial charge in [0.05, 0.1) is 19.1 Å². The van der Waals surface area contributed by atoms with E-state index in [-0.39, 0.29) is 30.2 Å². The molecule has 0 aliphatic carbocycles. The third kappa shape index (κ3) is 4.81. The number of rotatable bonds is 5. The van der Waals surface area contributed by atoms with Crippen molar-refractivity contribution in [1.29, 1.82) is 0 Å². The summed E-state index contributed by atoms with van der Waals surface area (Å²) in [4.78, 5) is 37.6. The average Bonchev–Trinajstić information content (AvgIpc) is 2.60. The fraction of sp³-hybridized carbons (Fsp3) is 0.471. The van der Waals surface area contributed by atoms with Gasteiger partial charge < -0.3 is 15.0 Å². The number of likely N-dealkylation sites (tertiary alicyclic amines) is 1. The van der Waals surface area contributed by atoms with Gasteiger partial charge in [-0.3, -0.25) is 14.4 Å². The number of esters is 1. The minimum absolute atomic E-state index is 0.0662. The van der Waals surface area contributed by atoms with Crippen LogP contribution in [-0.2, 0) is 14.3 Å². The third-order valence-corrected chi connectivity index (χ3v) is 3.83. The molecule has 1 unspecified atom stereocenters. The molecule has 0 radical (unpaired) electrons. The number of hydrogen-bond donors (Lipinski definition) is 1. The second kappa shape index (κ2) is 8.31. The highest BCUT2D eigenvalue weighted by molar-refractivity contribution is 5.96. The van der Waals surface area contributed by atoms with Crippen LogP contribution in [0.5, 0.6) is 0 Å². The van der Waals surface area contributed by atoms with Gasteiger partial charge >= 0.3 is 5.97 Å². The quantitative estimate of drug-likeness (QED) is 0.828. The second-order valence-corrected chi connectivity index (χ2v) is 5.48. The first-order valence-electron chi connectivity index (χ1n) is 7.89. The Balaban J connectivity index is 1.83. The van der Waals surface area contributed by atoms with Crippen LogP contribution in [0, 0.1) is 5.92 Å². The SMILES string of the molecule is CCOC(=O)C1CCCN(C(=O)CNC(=O)c2ccccc2)C1. The molecule has 2 rings (SSSR count). The predicted octanol–water partition coefficient (Wildman–Crippen LogP) is 1.22. The maximum Gasteiger partial charge on any atom is 0.310 e. The number of hydrogen-bond acceptors (Lipinski definition) is 4. The number of nitrogens with zero attached hydrogens (tertiary/aromatic N) is 1. The van der Waals surface area contributed by atoms with E-state index in [9.17, 15) is 14.4 Å². The zero-order valence-corrected chi connectivity index (χ0v) is 13.3. The first kappa shape index (κ1) is 17.0. The van der Waals surface area contributed by atoms with Crippen LogP contribution < -0.4 is 5.32 Å². The van der Waals surface area contributed by atoms with E-state index in [1.165, 1.54) is 0 Å². The third-order valence-electron chi connectivity index (χ3n) is 3.83. The van der Waals surface area contributed by atoms with Gasteiger partial charge in [-0.25, -0.2) is 0 Å². The van der Waals surface area contributed by atoms with Crippen molar-refractivity contribution in [3.05, 3.63) is 35.9 Å². The van der Waals surface area contributed by atoms with Crippen molar-refractivity contribution in [2.45, 2.75) is 19.8 Å². The molecule has 0 spiro atoms. The van der Waals surface area contributed by atoms with Gasteiger partial charge in [0.1, 0.15) is 0 Å². The van der Waals surface area contributed by atoms with Crippen LogP contribution in [-0.4, -0.2) is 48.9 Å². The van der Waals surface area contributed by atoms with Crippen molar-refractivity contribution in [1.82, 2.24) is 10.2 Å². The van der Waals surface area contributed by atoms with Gasteiger partial charge in [-0.15, -0.1) is 0 Å². The number of carbonyl (C=O) groups is 3. The lowest BCUT2D eigenvalue weighted by atomic mass is 9.98. The van der Waals surface area contributed by atoms with Crippen molar-refractivity contribution in [3.63, 3.8) is 0 Å². The van der Waals surface area contributed by atoms with E-state index >= 15 is 0 Å². The van der Waals surface area contributed by atoms with Crippen LogP contribution in [0.25, 0.3) is 0 Å². The molecule has 6 heteroatoms. The molecule has 1 fully saturated rings. The minimum atomic E-state index is -0.280. The highest BCUT2D eigenvalue weighted by Crippen LogP contribution is 2.17. The molecule has 0 bridgehead atoms. The van der Waals surface area contributed by atoms with E-state index in [1.807, 2.05) is 6.07 Å². The lowest BCUT2D eigenvalue weighted by Crippen LogP contribution is -2.46. The van der Waals surface area contributed by atoms with Crippen molar-refractivity contribution in [3.8, 4) is 0 Å². The predicted molar refractivity (Wildman–Crippen MR) is 84.7 cm³/mol. The molecular formula is C17H22N2O4. The maximum atomic E-state index is 12.2. The van der Waals surface area contributed by atoms with Crippen LogP contribution in [0.15, 0.2) is 30.3 Å². The highest BCUT2D eigenvalue weighted by Gasteiger charge is 2.29. The summed E-state index contributed by atoms with van der Waals surface area (Å²) in [6.07, 6.45) is 1.50. The number of ether oxygens (including phenoxy) is 1. The van der Waals surface area contributed by atoms with Gasteiger partial charge in [0, 0.05) is 18.7 Å². The van der Waals surface area contributed by atoms with E-state index in [2.05, 4.69) is 5.32 Å². The maximum absolute atomic E-state index is 12.2. The molecule has 1 aliphatic rings. The van der Waals surface area contributed by atoms with E-state index in [0.717, 1.165) is 12.8 Å². The molecule has 0 aromatic heterocycles. The van der Waals surface area contributed by atoms with E-state index in [0.29, 0.717) is 25.3 Å². The molecule has 2 amide bonds. The molecule has 1 aliphatic heterocycles. The summed E-state index contributed by atoms with van der Waals surface area (Å²) in [5, 5.41) is 2.62. The van der Waals surface area contributed by atoms with Crippen LogP contribution >= 0.6 is 0 Å². The molecule has 6 nitrogen and oxygen atoms in total. The molecule has 23 heavy (non-hydrogen) atoms. The van der Waals surface area contributed by atoms with Crippen molar-refractivity contribution < 1.29 is 19.1 Å². The Hall–Kier alpha value is -2.37. The molecular weight excluding hydrogens is 296 g/mol. The number of amides is 2. The molecule has 1 atom stereocenters. The number of nitrogens with one attached hydrogen (secondary N) is 1. The normalized spacial score (nSPS) is 17.4. The number of benzene rings is 1. The largest absolute Gasteiger partial charge is 0.466 e. The Morgan fingerprint density at radius 1 is 1.26 bits per heavy atom. The lowest BCUT2D eigenvalue weighted by molar-refractivity contribution is -0.151. The summed E-state index contributed by atoms with van der Waals surface area (Å²) in [6.45, 7) is 3.01. The standard InChI is InChI=1S/C17H22N2O4/c1-2-23-17(22)14-9-6-10-19(12-14)15(20)11-18-16(21)13-7-4-3-5-8-13/h3-5,7-8,14H,2,6,9-12H2,1H3,(H,18,21). The molecule has 1 aromatic rings. The fourth-order valence-electron chi connectivity index (χ4n) is 2.62. The van der Waals surface area contributed by atoms with Gasteiger partial charge in [0.15, 0.2) is 0 Å². The highest BCUT2D eigenvalue weighted by atomic mass is 16.5. The topological polar surface area (TPSA) is 75.7 Å². The Morgan fingerprint density at radius 3 is 2.70 bits per heavy atom. The zero-order valence-electron chi connectivity index (χ0n) is 13.3. The first-order valence-corrected chi connectivity index (χ1v) is 7.89. The van der Waals surface area contributed by atoms with Crippen LogP contribution in [0.2, 0.25) is 0 Å². The summed E-state index contributed by atoms with van der Waals surface area (Å²) in [6, 6.07) is 8.75. The fourth-order valence-corrected chi connectivity index (χ4v) is 2.62. The smallest absolute Gasteiger partial charge is 0.310 e. The number of carbonyl (C=O) groups excluding carboxylic acids is 3. The Kier molecular flexibility index (Phi) is 6.14. The van der Waals surface area contributed by atoms with Crippen LogP contribution in [0.1, 0.15) is 30.1 Å². The first-order chi connectivity index (χ1) is 11.1. The van der Waals surface area contributed by atoms with Crippen molar-refractivity contribution >= 4 is 17.8 Å². The van der Waals surface area contributed by atoms with Gasteiger partial charge in [0.2, 0.25) is 5.91 Å². The van der Waals surface area contributed by atoms with E-state index in [1.54, 1.807) is 36.1 Å². The zero-order chi connectivity index (χ0) is 16.7. The molecule has 1 aromatic carbocycles. The summed E-state index contributed by atoms with van der Waals surface area (Å²) < 4.78 is 5.02. The van der Waals surface area contributed by atoms with Crippen LogP contribution in [0.3, 0.4) is 0 Å². The van der Waals surface area contributed by atoms with E-state index < -0.39 is 0 Å². The molecule has 1 N–H and O–H groups in total. The minimum Gasteiger partial charge on any atom is -0.466 e. The monoisotopic (exact) mass is 318 g/mol. The summed E-state index contributed by atoms with van der Waals surface area (Å²) in [5.74, 6) is -0.975.